The third-order valence-corrected chi connectivity index (χ3v) is 3.95. The largest absolute Gasteiger partial charge is 0.510 e. The summed E-state index contributed by atoms with van der Waals surface area (Å²) >= 11 is 1.33. The van der Waals surface area contributed by atoms with Crippen LogP contribution in [0.5, 0.6) is 0 Å². The Morgan fingerprint density at radius 3 is 2.74 bits per heavy atom. The lowest BCUT2D eigenvalue weighted by Gasteiger charge is -2.04. The maximum atomic E-state index is 11.6. The van der Waals surface area contributed by atoms with Gasteiger partial charge in [0.2, 0.25) is 0 Å². The number of carbonyl (C=O) groups is 1. The Morgan fingerprint density at radius 1 is 1.37 bits per heavy atom. The smallest absolute Gasteiger partial charge is 0.344 e. The maximum absolute atomic E-state index is 11.6. The van der Waals surface area contributed by atoms with E-state index in [-0.39, 0.29) is 11.3 Å². The van der Waals surface area contributed by atoms with E-state index < -0.39 is 5.97 Å². The van der Waals surface area contributed by atoms with Gasteiger partial charge >= 0.3 is 5.97 Å². The highest BCUT2D eigenvalue weighted by Gasteiger charge is 2.28. The number of rotatable bonds is 2. The van der Waals surface area contributed by atoms with E-state index in [1.54, 1.807) is 0 Å². The number of carbonyl (C=O) groups excluding carboxylic acids is 1. The van der Waals surface area contributed by atoms with E-state index in [2.05, 4.69) is 9.73 Å². The first-order chi connectivity index (χ1) is 9.02. The third-order valence-electron chi connectivity index (χ3n) is 2.96. The maximum Gasteiger partial charge on any atom is 0.344 e. The van der Waals surface area contributed by atoms with Gasteiger partial charge in [0.15, 0.2) is 0 Å². The molecule has 19 heavy (non-hydrogen) atoms. The van der Waals surface area contributed by atoms with E-state index in [0.29, 0.717) is 10.8 Å². The van der Waals surface area contributed by atoms with Gasteiger partial charge in [0, 0.05) is 0 Å². The fourth-order valence-electron chi connectivity index (χ4n) is 1.71. The van der Waals surface area contributed by atoms with Gasteiger partial charge in [-0.1, -0.05) is 17.8 Å². The molecule has 0 saturated heterocycles. The molecule has 0 bridgehead atoms. The molecule has 0 aromatic heterocycles. The van der Waals surface area contributed by atoms with E-state index in [1.807, 2.05) is 32.0 Å². The minimum absolute atomic E-state index is 0.0273. The van der Waals surface area contributed by atoms with Gasteiger partial charge in [-0.2, -0.15) is 0 Å². The topological polar surface area (TPSA) is 58.9 Å². The fraction of sp³-hybridized carbons (Fsp3) is 0.286. The molecule has 0 radical (unpaired) electrons. The summed E-state index contributed by atoms with van der Waals surface area (Å²) in [5, 5.41) is 10.2. The second-order valence-corrected chi connectivity index (χ2v) is 5.25. The molecule has 1 aliphatic heterocycles. The van der Waals surface area contributed by atoms with Crippen molar-refractivity contribution in [3.63, 3.8) is 0 Å². The molecule has 0 spiro atoms. The molecule has 0 saturated carbocycles. The summed E-state index contributed by atoms with van der Waals surface area (Å²) in [5.74, 6) is -0.168. The third kappa shape index (κ3) is 2.81. The zero-order chi connectivity index (χ0) is 14.0. The first-order valence-corrected chi connectivity index (χ1v) is 6.81. The minimum atomic E-state index is -0.551. The highest BCUT2D eigenvalue weighted by molar-refractivity contribution is 8.15. The highest BCUT2D eigenvalue weighted by Crippen LogP contribution is 2.30. The van der Waals surface area contributed by atoms with Crippen molar-refractivity contribution in [2.24, 2.45) is 4.99 Å². The number of methoxy groups -OCH3 is 1. The van der Waals surface area contributed by atoms with E-state index in [0.717, 1.165) is 11.3 Å². The van der Waals surface area contributed by atoms with Crippen molar-refractivity contribution < 1.29 is 14.6 Å². The van der Waals surface area contributed by atoms with Crippen molar-refractivity contribution in [1.29, 1.82) is 0 Å². The van der Waals surface area contributed by atoms with Gasteiger partial charge in [-0.25, -0.2) is 9.79 Å². The lowest BCUT2D eigenvalue weighted by atomic mass is 10.1. The van der Waals surface area contributed by atoms with E-state index >= 15 is 0 Å². The van der Waals surface area contributed by atoms with Crippen LogP contribution in [0.25, 0.3) is 0 Å². The SMILES string of the molecule is COC(=O)C1=C(O)CSC1=Nc1ccc(C)c(C)c1. The van der Waals surface area contributed by atoms with Gasteiger partial charge in [-0.3, -0.25) is 0 Å². The van der Waals surface area contributed by atoms with Crippen LogP contribution in [0.1, 0.15) is 11.1 Å². The Balaban J connectivity index is 2.38. The monoisotopic (exact) mass is 277 g/mol. The van der Waals surface area contributed by atoms with Crippen molar-refractivity contribution in [3.8, 4) is 0 Å². The Labute approximate surface area is 116 Å². The molecule has 1 heterocycles. The van der Waals surface area contributed by atoms with Gasteiger partial charge < -0.3 is 9.84 Å². The van der Waals surface area contributed by atoms with Gasteiger partial charge in [-0.15, -0.1) is 0 Å². The van der Waals surface area contributed by atoms with E-state index in [4.69, 9.17) is 0 Å². The zero-order valence-electron chi connectivity index (χ0n) is 11.1. The van der Waals surface area contributed by atoms with Gasteiger partial charge in [0.1, 0.15) is 16.4 Å². The van der Waals surface area contributed by atoms with Crippen LogP contribution in [0.3, 0.4) is 0 Å². The molecule has 2 rings (SSSR count). The predicted molar refractivity (Wildman–Crippen MR) is 77.1 cm³/mol. The molecule has 5 heteroatoms. The second kappa shape index (κ2) is 5.48. The standard InChI is InChI=1S/C14H15NO3S/c1-8-4-5-10(6-9(8)2)15-13-12(14(17)18-3)11(16)7-19-13/h4-6,16H,7H2,1-3H3. The van der Waals surface area contributed by atoms with Gasteiger partial charge in [0.05, 0.1) is 18.6 Å². The molecule has 100 valence electrons. The Morgan fingerprint density at radius 2 is 2.11 bits per heavy atom. The van der Waals surface area contributed by atoms with Crippen LogP contribution < -0.4 is 0 Å². The van der Waals surface area contributed by atoms with Crippen molar-refractivity contribution in [3.05, 3.63) is 40.7 Å². The normalized spacial score (nSPS) is 17.1. The number of hydrogen-bond donors (Lipinski definition) is 1. The Hall–Kier alpha value is -1.75. The highest BCUT2D eigenvalue weighted by atomic mass is 32.2. The molecule has 4 nitrogen and oxygen atoms in total. The number of esters is 1. The summed E-state index contributed by atoms with van der Waals surface area (Å²) in [7, 11) is 1.29. The Bertz CT molecular complexity index is 590. The number of thioether (sulfide) groups is 1. The average Bonchev–Trinajstić information content (AvgIpc) is 2.74. The number of nitrogens with zero attached hydrogens (tertiary/aromatic N) is 1. The number of hydrogen-bond acceptors (Lipinski definition) is 5. The molecule has 0 atom stereocenters. The summed E-state index contributed by atoms with van der Waals surface area (Å²) < 4.78 is 4.66. The summed E-state index contributed by atoms with van der Waals surface area (Å²) in [4.78, 5) is 16.0. The van der Waals surface area contributed by atoms with Crippen molar-refractivity contribution in [2.75, 3.05) is 12.9 Å². The number of aryl methyl sites for hydroxylation is 2. The average molecular weight is 277 g/mol. The molecule has 0 unspecified atom stereocenters. The van der Waals surface area contributed by atoms with Crippen LogP contribution in [-0.4, -0.2) is 29.0 Å². The molecule has 1 N–H and O–H groups in total. The number of aliphatic imine (C=N–C) groups is 1. The lowest BCUT2D eigenvalue weighted by Crippen LogP contribution is -2.10. The predicted octanol–water partition coefficient (Wildman–Crippen LogP) is 3.07. The fourth-order valence-corrected chi connectivity index (χ4v) is 2.65. The number of aliphatic hydroxyl groups excluding tert-OH is 1. The summed E-state index contributed by atoms with van der Waals surface area (Å²) in [6.45, 7) is 4.04. The Kier molecular flexibility index (Phi) is 3.95. The number of benzene rings is 1. The first kappa shape index (κ1) is 13.7. The van der Waals surface area contributed by atoms with Crippen LogP contribution in [0.2, 0.25) is 0 Å². The number of aliphatic hydroxyl groups is 1. The number of ether oxygens (including phenoxy) is 1. The molecule has 1 aromatic rings. The molecule has 0 fully saturated rings. The van der Waals surface area contributed by atoms with E-state index in [1.165, 1.54) is 24.4 Å². The summed E-state index contributed by atoms with van der Waals surface area (Å²) in [6, 6.07) is 5.82. The molecule has 0 aliphatic carbocycles. The van der Waals surface area contributed by atoms with Crippen LogP contribution in [0.4, 0.5) is 5.69 Å². The van der Waals surface area contributed by atoms with Gasteiger partial charge in [0.25, 0.3) is 0 Å². The van der Waals surface area contributed by atoms with Crippen LogP contribution in [0.15, 0.2) is 34.5 Å². The van der Waals surface area contributed by atoms with Crippen molar-refractivity contribution in [2.45, 2.75) is 13.8 Å². The summed E-state index contributed by atoms with van der Waals surface area (Å²) in [6.07, 6.45) is 0. The molecule has 1 aliphatic rings. The van der Waals surface area contributed by atoms with Crippen LogP contribution >= 0.6 is 11.8 Å². The van der Waals surface area contributed by atoms with Crippen LogP contribution in [-0.2, 0) is 9.53 Å². The van der Waals surface area contributed by atoms with Crippen molar-refractivity contribution in [1.82, 2.24) is 0 Å². The van der Waals surface area contributed by atoms with E-state index in [9.17, 15) is 9.90 Å². The lowest BCUT2D eigenvalue weighted by molar-refractivity contribution is -0.135. The molecular formula is C14H15NO3S. The molecular weight excluding hydrogens is 262 g/mol. The second-order valence-electron chi connectivity index (χ2n) is 4.29. The van der Waals surface area contributed by atoms with Gasteiger partial charge in [-0.05, 0) is 37.1 Å². The minimum Gasteiger partial charge on any atom is -0.510 e. The molecule has 0 amide bonds. The zero-order valence-corrected chi connectivity index (χ0v) is 11.9. The first-order valence-electron chi connectivity index (χ1n) is 5.82. The van der Waals surface area contributed by atoms with Crippen LogP contribution in [0, 0.1) is 13.8 Å². The summed E-state index contributed by atoms with van der Waals surface area (Å²) in [5.41, 5.74) is 3.26. The van der Waals surface area contributed by atoms with Crippen molar-refractivity contribution >= 4 is 28.5 Å². The quantitative estimate of drug-likeness (QED) is 0.844. The molecule has 1 aromatic carbocycles.